The van der Waals surface area contributed by atoms with E-state index < -0.39 is 34.1 Å². The van der Waals surface area contributed by atoms with Gasteiger partial charge in [-0.25, -0.2) is 9.36 Å². The second-order valence-electron chi connectivity index (χ2n) is 4.96. The van der Waals surface area contributed by atoms with Crippen molar-refractivity contribution in [3.8, 4) is 17.4 Å². The van der Waals surface area contributed by atoms with Crippen LogP contribution in [0.15, 0.2) is 35.1 Å². The number of benzene rings is 1. The number of carbonyl (C=O) groups is 2. The van der Waals surface area contributed by atoms with Gasteiger partial charge in [-0.05, 0) is 23.8 Å². The molecule has 0 bridgehead atoms. The van der Waals surface area contributed by atoms with E-state index in [-0.39, 0.29) is 11.3 Å². The molecule has 0 atom stereocenters. The van der Waals surface area contributed by atoms with Crippen LogP contribution in [0.1, 0.15) is 20.7 Å². The monoisotopic (exact) mass is 379 g/mol. The highest BCUT2D eigenvalue weighted by atomic mass is 35.5. The van der Waals surface area contributed by atoms with Gasteiger partial charge < -0.3 is 19.7 Å². The minimum absolute atomic E-state index is 0.144. The van der Waals surface area contributed by atoms with Crippen molar-refractivity contribution in [2.45, 2.75) is 0 Å². The first-order chi connectivity index (χ1) is 12.3. The molecular weight excluding hydrogens is 366 g/mol. The summed E-state index contributed by atoms with van der Waals surface area (Å²) in [5, 5.41) is 18.8. The summed E-state index contributed by atoms with van der Waals surface area (Å²) in [5.41, 5.74) is -0.412. The van der Waals surface area contributed by atoms with Crippen molar-refractivity contribution in [3.05, 3.63) is 56.8 Å². The van der Waals surface area contributed by atoms with Gasteiger partial charge in [0.25, 0.3) is 11.5 Å². The molecule has 2 rings (SSSR count). The van der Waals surface area contributed by atoms with Gasteiger partial charge in [-0.2, -0.15) is 0 Å². The molecule has 1 aromatic carbocycles. The zero-order valence-corrected chi connectivity index (χ0v) is 14.5. The second kappa shape index (κ2) is 7.75. The highest BCUT2D eigenvalue weighted by Gasteiger charge is 2.17. The number of allylic oxidation sites excluding steroid dienone is 1. The van der Waals surface area contributed by atoms with Gasteiger partial charge in [0.1, 0.15) is 16.3 Å². The first-order valence-electron chi connectivity index (χ1n) is 7.12. The lowest BCUT2D eigenvalue weighted by atomic mass is 10.1. The number of esters is 1. The van der Waals surface area contributed by atoms with E-state index in [2.05, 4.69) is 4.74 Å². The lowest BCUT2D eigenvalue weighted by Crippen LogP contribution is -2.25. The first-order valence-corrected chi connectivity index (χ1v) is 7.50. The number of pyridine rings is 1. The van der Waals surface area contributed by atoms with Gasteiger partial charge in [0.05, 0.1) is 14.2 Å². The van der Waals surface area contributed by atoms with E-state index >= 15 is 0 Å². The van der Waals surface area contributed by atoms with E-state index in [1.807, 2.05) is 0 Å². The summed E-state index contributed by atoms with van der Waals surface area (Å²) in [5.74, 6) is -2.93. The number of aromatic nitrogens is 1. The van der Waals surface area contributed by atoms with E-state index in [0.29, 0.717) is 10.1 Å². The van der Waals surface area contributed by atoms with Crippen LogP contribution in [-0.2, 0) is 4.74 Å². The van der Waals surface area contributed by atoms with E-state index in [0.717, 1.165) is 12.1 Å². The van der Waals surface area contributed by atoms with Crippen LogP contribution in [0.25, 0.3) is 6.08 Å². The normalized spacial score (nSPS) is 10.7. The lowest BCUT2D eigenvalue weighted by molar-refractivity contribution is 0.0597. The molecule has 0 aliphatic carbocycles. The number of hydrogen-bond donors (Lipinski definition) is 2. The summed E-state index contributed by atoms with van der Waals surface area (Å²) in [6.07, 6.45) is 2.28. The van der Waals surface area contributed by atoms with Crippen LogP contribution in [0, 0.1) is 0 Å². The van der Waals surface area contributed by atoms with Crippen molar-refractivity contribution < 1.29 is 29.3 Å². The fourth-order valence-corrected chi connectivity index (χ4v) is 2.30. The molecular formula is C17H14ClNO7. The van der Waals surface area contributed by atoms with E-state index in [1.54, 1.807) is 6.07 Å². The molecule has 26 heavy (non-hydrogen) atoms. The Bertz CT molecular complexity index is 962. The number of methoxy groups -OCH3 is 2. The number of carbonyl (C=O) groups excluding carboxylic acids is 2. The minimum atomic E-state index is -0.985. The molecule has 0 unspecified atom stereocenters. The molecule has 0 fully saturated rings. The van der Waals surface area contributed by atoms with Crippen molar-refractivity contribution in [2.24, 2.45) is 0 Å². The van der Waals surface area contributed by atoms with Crippen molar-refractivity contribution in [3.63, 3.8) is 0 Å². The van der Waals surface area contributed by atoms with Crippen molar-refractivity contribution in [2.75, 3.05) is 14.2 Å². The highest BCUT2D eigenvalue weighted by Crippen LogP contribution is 2.25. The number of halogens is 1. The third kappa shape index (κ3) is 3.70. The molecule has 0 saturated heterocycles. The second-order valence-corrected chi connectivity index (χ2v) is 5.37. The maximum atomic E-state index is 12.2. The number of aromatic hydroxyl groups is 2. The number of rotatable bonds is 4. The average Bonchev–Trinajstić information content (AvgIpc) is 2.64. The maximum absolute atomic E-state index is 12.2. The Morgan fingerprint density at radius 1 is 1.19 bits per heavy atom. The van der Waals surface area contributed by atoms with E-state index in [4.69, 9.17) is 16.3 Å². The molecule has 1 heterocycles. The highest BCUT2D eigenvalue weighted by molar-refractivity contribution is 6.30. The molecule has 136 valence electrons. The first kappa shape index (κ1) is 19.1. The number of ether oxygens (including phenoxy) is 2. The van der Waals surface area contributed by atoms with Gasteiger partial charge in [0.2, 0.25) is 5.88 Å². The Kier molecular flexibility index (Phi) is 5.68. The molecule has 0 aliphatic heterocycles. The van der Waals surface area contributed by atoms with Gasteiger partial charge in [0.15, 0.2) is 5.75 Å². The van der Waals surface area contributed by atoms with E-state index in [1.165, 1.54) is 32.4 Å². The smallest absolute Gasteiger partial charge is 0.341 e. The van der Waals surface area contributed by atoms with Gasteiger partial charge in [-0.15, -0.1) is 0 Å². The summed E-state index contributed by atoms with van der Waals surface area (Å²) < 4.78 is 10.0. The molecule has 2 N–H and O–H groups in total. The van der Waals surface area contributed by atoms with Gasteiger partial charge in [0, 0.05) is 12.1 Å². The Balaban J connectivity index is 2.41. The number of hydrogen-bond acceptors (Lipinski definition) is 7. The predicted molar refractivity (Wildman–Crippen MR) is 93.0 cm³/mol. The summed E-state index contributed by atoms with van der Waals surface area (Å²) in [6, 6.07) is 5.32. The maximum Gasteiger partial charge on any atom is 0.341 e. The van der Waals surface area contributed by atoms with Crippen LogP contribution in [0.4, 0.5) is 0 Å². The molecule has 2 aromatic rings. The van der Waals surface area contributed by atoms with Crippen molar-refractivity contribution in [1.82, 2.24) is 4.57 Å². The van der Waals surface area contributed by atoms with Crippen LogP contribution < -0.4 is 10.3 Å². The molecule has 0 saturated carbocycles. The van der Waals surface area contributed by atoms with Crippen molar-refractivity contribution >= 4 is 29.6 Å². The van der Waals surface area contributed by atoms with Crippen LogP contribution in [-0.4, -0.2) is 40.9 Å². The summed E-state index contributed by atoms with van der Waals surface area (Å²) in [7, 11) is 2.61. The summed E-state index contributed by atoms with van der Waals surface area (Å²) in [4.78, 5) is 35.8. The molecule has 8 nitrogen and oxygen atoms in total. The van der Waals surface area contributed by atoms with Crippen LogP contribution >= 0.6 is 11.6 Å². The lowest BCUT2D eigenvalue weighted by Gasteiger charge is -2.08. The zero-order valence-electron chi connectivity index (χ0n) is 13.7. The molecule has 0 aliphatic rings. The quantitative estimate of drug-likeness (QED) is 0.617. The van der Waals surface area contributed by atoms with Gasteiger partial charge in [-0.1, -0.05) is 17.7 Å². The van der Waals surface area contributed by atoms with Crippen LogP contribution in [0.3, 0.4) is 0 Å². The third-order valence-corrected chi connectivity index (χ3v) is 3.65. The Labute approximate surface area is 152 Å². The molecule has 1 aromatic heterocycles. The largest absolute Gasteiger partial charge is 0.503 e. The Hall–Kier alpha value is -3.26. The molecule has 0 radical (unpaired) electrons. The molecule has 9 heteroatoms. The predicted octanol–water partition coefficient (Wildman–Crippen LogP) is 2.06. The van der Waals surface area contributed by atoms with E-state index in [9.17, 15) is 24.6 Å². The van der Waals surface area contributed by atoms with Crippen molar-refractivity contribution in [1.29, 1.82) is 0 Å². The van der Waals surface area contributed by atoms with Gasteiger partial charge in [-0.3, -0.25) is 9.59 Å². The minimum Gasteiger partial charge on any atom is -0.503 e. The Morgan fingerprint density at radius 3 is 2.50 bits per heavy atom. The molecule has 0 amide bonds. The van der Waals surface area contributed by atoms with Crippen LogP contribution in [0.5, 0.6) is 17.4 Å². The molecule has 0 spiro atoms. The third-order valence-electron chi connectivity index (χ3n) is 3.38. The fraction of sp³-hybridized carbons (Fsp3) is 0.118. The average molecular weight is 380 g/mol. The number of nitrogens with zero attached hydrogens (tertiary/aromatic N) is 1. The topological polar surface area (TPSA) is 115 Å². The van der Waals surface area contributed by atoms with Gasteiger partial charge >= 0.3 is 5.97 Å². The summed E-state index contributed by atoms with van der Waals surface area (Å²) in [6.45, 7) is 0. The zero-order chi connectivity index (χ0) is 19.4. The van der Waals surface area contributed by atoms with Crippen LogP contribution in [0.2, 0.25) is 5.02 Å². The summed E-state index contributed by atoms with van der Waals surface area (Å²) >= 11 is 5.61. The SMILES string of the molecule is COC(=O)c1cc(/C=C/C(=O)n2c(O)c(O)cc(Cl)c2=O)ccc1OC. The fourth-order valence-electron chi connectivity index (χ4n) is 2.11. The Morgan fingerprint density at radius 2 is 1.88 bits per heavy atom. The standard InChI is InChI=1S/C17H14ClNO7/c1-25-13-5-3-9(7-10(13)17(24)26-2)4-6-14(21)19-15(22)11(18)8-12(20)16(19)23/h3-8,20,23H,1-2H3/b6-4+.